The first-order valence-electron chi connectivity index (χ1n) is 6.32. The highest BCUT2D eigenvalue weighted by molar-refractivity contribution is 6.05. The lowest BCUT2D eigenvalue weighted by molar-refractivity contribution is -0.105. The fourth-order valence-electron chi connectivity index (χ4n) is 2.29. The number of nitrogens with zero attached hydrogens (tertiary/aromatic N) is 1. The van der Waals surface area contributed by atoms with E-state index in [1.165, 1.54) is 5.56 Å². The Morgan fingerprint density at radius 2 is 2.11 bits per heavy atom. The monoisotopic (exact) mass is 252 g/mol. The summed E-state index contributed by atoms with van der Waals surface area (Å²) in [7, 11) is 0. The standard InChI is InChI=1S/C16H14NO2/c18-10-13-7-4-8-15(13)16-17-14(11-19-16)9-12-5-2-1-3-6-12/h1-8,10,14H,9,11H2. The van der Waals surface area contributed by atoms with E-state index in [9.17, 15) is 4.79 Å². The lowest BCUT2D eigenvalue weighted by Crippen LogP contribution is -2.16. The summed E-state index contributed by atoms with van der Waals surface area (Å²) in [5.74, 6) is 2.03. The van der Waals surface area contributed by atoms with E-state index in [2.05, 4.69) is 17.1 Å². The first-order chi connectivity index (χ1) is 9.36. The molecule has 3 rings (SSSR count). The average Bonchev–Trinajstić information content (AvgIpc) is 3.07. The van der Waals surface area contributed by atoms with Gasteiger partial charge in [-0.3, -0.25) is 0 Å². The Morgan fingerprint density at radius 3 is 2.89 bits per heavy atom. The Morgan fingerprint density at radius 1 is 1.26 bits per heavy atom. The number of aldehydes is 1. The molecular weight excluding hydrogens is 238 g/mol. The van der Waals surface area contributed by atoms with E-state index in [0.717, 1.165) is 18.6 Å². The minimum Gasteiger partial charge on any atom is -0.478 e. The molecule has 0 bridgehead atoms. The highest BCUT2D eigenvalue weighted by atomic mass is 16.5. The van der Waals surface area contributed by atoms with Crippen LogP contribution in [0.25, 0.3) is 0 Å². The molecule has 0 amide bonds. The summed E-state index contributed by atoms with van der Waals surface area (Å²) in [6.45, 7) is 0.577. The summed E-state index contributed by atoms with van der Waals surface area (Å²) in [5.41, 5.74) is 1.25. The molecule has 1 unspecified atom stereocenters. The van der Waals surface area contributed by atoms with Gasteiger partial charge in [0.1, 0.15) is 12.9 Å². The Kier molecular flexibility index (Phi) is 3.62. The molecule has 1 atom stereocenters. The molecule has 95 valence electrons. The molecule has 0 saturated heterocycles. The van der Waals surface area contributed by atoms with Gasteiger partial charge in [0.05, 0.1) is 17.9 Å². The molecule has 1 aliphatic carbocycles. The Bertz CT molecular complexity index is 469. The Balaban J connectivity index is 1.66. The summed E-state index contributed by atoms with van der Waals surface area (Å²) >= 11 is 0. The molecule has 1 aromatic carbocycles. The van der Waals surface area contributed by atoms with Gasteiger partial charge in [0.25, 0.3) is 0 Å². The van der Waals surface area contributed by atoms with Crippen molar-refractivity contribution in [1.82, 2.24) is 0 Å². The first kappa shape index (κ1) is 12.4. The predicted molar refractivity (Wildman–Crippen MR) is 72.8 cm³/mol. The van der Waals surface area contributed by atoms with Crippen molar-refractivity contribution in [3.63, 3.8) is 0 Å². The molecule has 1 aromatic rings. The molecule has 1 fully saturated rings. The lowest BCUT2D eigenvalue weighted by atomic mass is 9.97. The van der Waals surface area contributed by atoms with Crippen molar-refractivity contribution in [2.45, 2.75) is 12.5 Å². The third-order valence-electron chi connectivity index (χ3n) is 3.23. The van der Waals surface area contributed by atoms with Crippen molar-refractivity contribution < 1.29 is 9.53 Å². The van der Waals surface area contributed by atoms with Crippen LogP contribution in [0.4, 0.5) is 0 Å². The molecular formula is C16H14NO2. The molecule has 5 radical (unpaired) electrons. The Hall–Kier alpha value is -1.64. The third-order valence-corrected chi connectivity index (χ3v) is 3.23. The molecule has 3 nitrogen and oxygen atoms in total. The predicted octanol–water partition coefficient (Wildman–Crippen LogP) is 2.00. The average molecular weight is 252 g/mol. The van der Waals surface area contributed by atoms with Gasteiger partial charge in [0, 0.05) is 0 Å². The maximum absolute atomic E-state index is 10.9. The normalized spacial score (nSPS) is 24.2. The van der Waals surface area contributed by atoms with Gasteiger partial charge in [-0.2, -0.15) is 0 Å². The number of hydrogen-bond donors (Lipinski definition) is 0. The number of aliphatic imine (C=N–C) groups is 1. The smallest absolute Gasteiger partial charge is 0.192 e. The number of ether oxygens (including phenoxy) is 1. The minimum atomic E-state index is 0.131. The number of rotatable bonds is 4. The molecule has 3 heteroatoms. The van der Waals surface area contributed by atoms with Crippen LogP contribution in [0.15, 0.2) is 35.3 Å². The zero-order chi connectivity index (χ0) is 13.1. The second kappa shape index (κ2) is 5.55. The SMILES string of the molecule is O=C[C]1[CH][CH][CH][C]1C1=NC(Cc2ccccc2)CO1. The van der Waals surface area contributed by atoms with Crippen LogP contribution >= 0.6 is 0 Å². The summed E-state index contributed by atoms with van der Waals surface area (Å²) in [5, 5.41) is 0. The van der Waals surface area contributed by atoms with E-state index in [0.29, 0.717) is 18.4 Å². The highest BCUT2D eigenvalue weighted by Crippen LogP contribution is 2.34. The molecule has 0 N–H and O–H groups in total. The fraction of sp³-hybridized carbons (Fsp3) is 0.188. The molecule has 19 heavy (non-hydrogen) atoms. The van der Waals surface area contributed by atoms with Crippen molar-refractivity contribution in [1.29, 1.82) is 0 Å². The topological polar surface area (TPSA) is 38.7 Å². The van der Waals surface area contributed by atoms with Gasteiger partial charge in [-0.15, -0.1) is 0 Å². The van der Waals surface area contributed by atoms with Crippen molar-refractivity contribution in [2.24, 2.45) is 4.99 Å². The van der Waals surface area contributed by atoms with Crippen LogP contribution in [0.5, 0.6) is 0 Å². The molecule has 1 heterocycles. The zero-order valence-corrected chi connectivity index (χ0v) is 10.5. The van der Waals surface area contributed by atoms with Crippen molar-refractivity contribution >= 4 is 12.2 Å². The number of carbonyl (C=O) groups excluding carboxylic acids is 1. The summed E-state index contributed by atoms with van der Waals surface area (Å²) in [6, 6.07) is 10.4. The third kappa shape index (κ3) is 2.70. The number of carbonyl (C=O) groups is 1. The first-order valence-corrected chi connectivity index (χ1v) is 6.32. The van der Waals surface area contributed by atoms with Crippen molar-refractivity contribution in [2.75, 3.05) is 6.61 Å². The second-order valence-electron chi connectivity index (χ2n) is 4.60. The van der Waals surface area contributed by atoms with Gasteiger partial charge in [0.2, 0.25) is 0 Å². The maximum Gasteiger partial charge on any atom is 0.192 e. The fourth-order valence-corrected chi connectivity index (χ4v) is 2.29. The van der Waals surface area contributed by atoms with Crippen LogP contribution in [0.1, 0.15) is 5.56 Å². The van der Waals surface area contributed by atoms with E-state index >= 15 is 0 Å². The number of hydrogen-bond acceptors (Lipinski definition) is 3. The van der Waals surface area contributed by atoms with E-state index in [-0.39, 0.29) is 6.04 Å². The summed E-state index contributed by atoms with van der Waals surface area (Å²) in [4.78, 5) is 15.5. The second-order valence-corrected chi connectivity index (χ2v) is 4.60. The molecule has 2 aliphatic rings. The van der Waals surface area contributed by atoms with E-state index in [1.807, 2.05) is 31.0 Å². The van der Waals surface area contributed by atoms with Gasteiger partial charge in [-0.1, -0.05) is 30.3 Å². The molecule has 1 aliphatic heterocycles. The zero-order valence-electron chi connectivity index (χ0n) is 10.5. The molecule has 0 spiro atoms. The lowest BCUT2D eigenvalue weighted by Gasteiger charge is -2.10. The van der Waals surface area contributed by atoms with Crippen LogP contribution in [0, 0.1) is 31.1 Å². The van der Waals surface area contributed by atoms with E-state index in [1.54, 1.807) is 6.42 Å². The molecule has 1 saturated carbocycles. The Labute approximate surface area is 113 Å². The summed E-state index contributed by atoms with van der Waals surface area (Å²) in [6.07, 6.45) is 7.19. The van der Waals surface area contributed by atoms with Crippen molar-refractivity contribution in [3.8, 4) is 0 Å². The van der Waals surface area contributed by atoms with E-state index < -0.39 is 0 Å². The summed E-state index contributed by atoms with van der Waals surface area (Å²) < 4.78 is 5.62. The van der Waals surface area contributed by atoms with Gasteiger partial charge >= 0.3 is 0 Å². The quantitative estimate of drug-likeness (QED) is 0.769. The largest absolute Gasteiger partial charge is 0.478 e. The highest BCUT2D eigenvalue weighted by Gasteiger charge is 2.37. The van der Waals surface area contributed by atoms with Gasteiger partial charge in [-0.05, 0) is 31.2 Å². The number of benzene rings is 1. The van der Waals surface area contributed by atoms with Crippen molar-refractivity contribution in [3.05, 3.63) is 67.0 Å². The maximum atomic E-state index is 10.9. The van der Waals surface area contributed by atoms with Crippen LogP contribution < -0.4 is 0 Å². The van der Waals surface area contributed by atoms with Crippen LogP contribution in [-0.4, -0.2) is 24.8 Å². The van der Waals surface area contributed by atoms with Gasteiger partial charge < -0.3 is 9.53 Å². The van der Waals surface area contributed by atoms with Gasteiger partial charge in [0.15, 0.2) is 5.90 Å². The van der Waals surface area contributed by atoms with Gasteiger partial charge in [-0.25, -0.2) is 4.99 Å². The van der Waals surface area contributed by atoms with E-state index in [4.69, 9.17) is 4.74 Å². The molecule has 0 aromatic heterocycles. The van der Waals surface area contributed by atoms with Crippen LogP contribution in [0.3, 0.4) is 0 Å². The van der Waals surface area contributed by atoms with Crippen LogP contribution in [0.2, 0.25) is 0 Å². The minimum absolute atomic E-state index is 0.131. The van der Waals surface area contributed by atoms with Crippen LogP contribution in [-0.2, 0) is 16.0 Å².